The van der Waals surface area contributed by atoms with E-state index in [1.54, 1.807) is 36.4 Å². The van der Waals surface area contributed by atoms with Crippen molar-refractivity contribution in [1.29, 1.82) is 0 Å². The summed E-state index contributed by atoms with van der Waals surface area (Å²) in [5.41, 5.74) is 0.905. The van der Waals surface area contributed by atoms with Gasteiger partial charge in [0.25, 0.3) is 0 Å². The molecule has 0 unspecified atom stereocenters. The minimum Gasteiger partial charge on any atom is -0.287 e. The number of alkyl halides is 3. The van der Waals surface area contributed by atoms with Crippen molar-refractivity contribution in [3.05, 3.63) is 59.4 Å². The van der Waals surface area contributed by atoms with Crippen LogP contribution in [0.2, 0.25) is 5.02 Å². The van der Waals surface area contributed by atoms with Gasteiger partial charge in [0.15, 0.2) is 0 Å². The molecule has 20 heavy (non-hydrogen) atoms. The van der Waals surface area contributed by atoms with Crippen molar-refractivity contribution in [3.8, 4) is 5.69 Å². The summed E-state index contributed by atoms with van der Waals surface area (Å²) in [4.78, 5) is 3.68. The van der Waals surface area contributed by atoms with Crippen molar-refractivity contribution in [2.75, 3.05) is 0 Å². The van der Waals surface area contributed by atoms with Gasteiger partial charge in [-0.1, -0.05) is 35.9 Å². The number of rotatable bonds is 1. The van der Waals surface area contributed by atoms with E-state index in [1.807, 2.05) is 0 Å². The highest BCUT2D eigenvalue weighted by atomic mass is 35.5. The van der Waals surface area contributed by atoms with Crippen LogP contribution in [0.1, 0.15) is 5.82 Å². The molecule has 0 bridgehead atoms. The number of hydrogen-bond donors (Lipinski definition) is 0. The molecule has 2 aromatic carbocycles. The van der Waals surface area contributed by atoms with Crippen molar-refractivity contribution in [2.24, 2.45) is 0 Å². The second-order valence-electron chi connectivity index (χ2n) is 4.21. The van der Waals surface area contributed by atoms with Gasteiger partial charge in [-0.3, -0.25) is 4.57 Å². The van der Waals surface area contributed by atoms with Crippen LogP contribution in [0.15, 0.2) is 48.5 Å². The van der Waals surface area contributed by atoms with E-state index in [2.05, 4.69) is 4.98 Å². The predicted molar refractivity (Wildman–Crippen MR) is 71.1 cm³/mol. The molecule has 6 heteroatoms. The summed E-state index contributed by atoms with van der Waals surface area (Å²) in [7, 11) is 0. The molecule has 0 atom stereocenters. The fourth-order valence-corrected chi connectivity index (χ4v) is 2.31. The number of fused-ring (bicyclic) bond motifs is 1. The molecule has 3 rings (SSSR count). The zero-order chi connectivity index (χ0) is 14.3. The molecule has 0 aliphatic rings. The molecule has 0 aliphatic carbocycles. The zero-order valence-electron chi connectivity index (χ0n) is 10.0. The molecule has 0 saturated heterocycles. The Morgan fingerprint density at radius 2 is 1.60 bits per heavy atom. The Hall–Kier alpha value is -2.01. The number of hydrogen-bond acceptors (Lipinski definition) is 1. The maximum Gasteiger partial charge on any atom is 0.450 e. The van der Waals surface area contributed by atoms with Crippen LogP contribution in [0.4, 0.5) is 13.2 Å². The average molecular weight is 297 g/mol. The molecular formula is C14H8ClF3N2. The monoisotopic (exact) mass is 296 g/mol. The van der Waals surface area contributed by atoms with Gasteiger partial charge in [0.05, 0.1) is 21.7 Å². The first-order valence-electron chi connectivity index (χ1n) is 5.78. The number of imidazole rings is 1. The van der Waals surface area contributed by atoms with Gasteiger partial charge in [0.1, 0.15) is 0 Å². The summed E-state index contributed by atoms with van der Waals surface area (Å²) < 4.78 is 40.6. The Kier molecular flexibility index (Phi) is 2.94. The van der Waals surface area contributed by atoms with Crippen molar-refractivity contribution in [2.45, 2.75) is 6.18 Å². The molecule has 1 heterocycles. The Labute approximate surface area is 117 Å². The van der Waals surface area contributed by atoms with Gasteiger partial charge in [0, 0.05) is 0 Å². The molecule has 0 amide bonds. The maximum absolute atomic E-state index is 13.2. The summed E-state index contributed by atoms with van der Waals surface area (Å²) in [6.45, 7) is 0. The van der Waals surface area contributed by atoms with Crippen LogP contribution in [0, 0.1) is 0 Å². The fourth-order valence-electron chi connectivity index (χ4n) is 2.09. The van der Waals surface area contributed by atoms with Crippen molar-refractivity contribution in [3.63, 3.8) is 0 Å². The van der Waals surface area contributed by atoms with E-state index in [1.165, 1.54) is 12.1 Å². The summed E-state index contributed by atoms with van der Waals surface area (Å²) in [6.07, 6.45) is -4.56. The normalized spacial score (nSPS) is 12.0. The van der Waals surface area contributed by atoms with Gasteiger partial charge >= 0.3 is 6.18 Å². The molecule has 0 spiro atoms. The Balaban J connectivity index is 2.41. The van der Waals surface area contributed by atoms with Crippen LogP contribution >= 0.6 is 11.6 Å². The molecule has 3 aromatic rings. The van der Waals surface area contributed by atoms with E-state index < -0.39 is 12.0 Å². The topological polar surface area (TPSA) is 17.8 Å². The lowest BCUT2D eigenvalue weighted by Crippen LogP contribution is -2.14. The third kappa shape index (κ3) is 2.04. The molecule has 0 fully saturated rings. The van der Waals surface area contributed by atoms with E-state index in [-0.39, 0.29) is 16.2 Å². The SMILES string of the molecule is FC(F)(F)c1nc2ccccc2n1-c1ccccc1Cl. The minimum atomic E-state index is -4.56. The third-order valence-electron chi connectivity index (χ3n) is 2.91. The number of para-hydroxylation sites is 3. The van der Waals surface area contributed by atoms with Crippen LogP contribution in [0.3, 0.4) is 0 Å². The van der Waals surface area contributed by atoms with Gasteiger partial charge < -0.3 is 0 Å². The lowest BCUT2D eigenvalue weighted by molar-refractivity contribution is -0.145. The molecule has 0 N–H and O–H groups in total. The second-order valence-corrected chi connectivity index (χ2v) is 4.62. The van der Waals surface area contributed by atoms with E-state index in [0.717, 1.165) is 4.57 Å². The molecular weight excluding hydrogens is 289 g/mol. The van der Waals surface area contributed by atoms with Crippen LogP contribution in [-0.2, 0) is 6.18 Å². The highest BCUT2D eigenvalue weighted by Crippen LogP contribution is 2.35. The molecule has 0 saturated carbocycles. The first-order chi connectivity index (χ1) is 9.48. The van der Waals surface area contributed by atoms with Gasteiger partial charge in [-0.2, -0.15) is 13.2 Å². The van der Waals surface area contributed by atoms with E-state index in [4.69, 9.17) is 11.6 Å². The maximum atomic E-state index is 13.2. The summed E-state index contributed by atoms with van der Waals surface area (Å²) in [5, 5.41) is 0.237. The van der Waals surface area contributed by atoms with E-state index in [0.29, 0.717) is 5.52 Å². The third-order valence-corrected chi connectivity index (χ3v) is 3.23. The summed E-state index contributed by atoms with van der Waals surface area (Å²) in [5.74, 6) is -0.980. The van der Waals surface area contributed by atoms with Gasteiger partial charge in [-0.05, 0) is 24.3 Å². The van der Waals surface area contributed by atoms with E-state index >= 15 is 0 Å². The van der Waals surface area contributed by atoms with Crippen LogP contribution in [0.5, 0.6) is 0 Å². The Morgan fingerprint density at radius 3 is 2.30 bits per heavy atom. The predicted octanol–water partition coefficient (Wildman–Crippen LogP) is 4.70. The minimum absolute atomic E-state index is 0.237. The second kappa shape index (κ2) is 4.52. The largest absolute Gasteiger partial charge is 0.450 e. The van der Waals surface area contributed by atoms with Gasteiger partial charge in [-0.15, -0.1) is 0 Å². The lowest BCUT2D eigenvalue weighted by atomic mass is 10.2. The van der Waals surface area contributed by atoms with Gasteiger partial charge in [0.2, 0.25) is 5.82 Å². The van der Waals surface area contributed by atoms with Crippen LogP contribution < -0.4 is 0 Å². The highest BCUT2D eigenvalue weighted by Gasteiger charge is 2.38. The molecule has 102 valence electrons. The highest BCUT2D eigenvalue weighted by molar-refractivity contribution is 6.32. The molecule has 0 radical (unpaired) electrons. The smallest absolute Gasteiger partial charge is 0.287 e. The first-order valence-corrected chi connectivity index (χ1v) is 6.16. The number of halogens is 4. The summed E-state index contributed by atoms with van der Waals surface area (Å²) in [6, 6.07) is 12.8. The average Bonchev–Trinajstić information content (AvgIpc) is 2.79. The van der Waals surface area contributed by atoms with Crippen molar-refractivity contribution in [1.82, 2.24) is 9.55 Å². The van der Waals surface area contributed by atoms with E-state index in [9.17, 15) is 13.2 Å². The first kappa shape index (κ1) is 13.0. The Morgan fingerprint density at radius 1 is 0.950 bits per heavy atom. The molecule has 0 aliphatic heterocycles. The number of nitrogens with zero attached hydrogens (tertiary/aromatic N) is 2. The summed E-state index contributed by atoms with van der Waals surface area (Å²) >= 11 is 6.02. The van der Waals surface area contributed by atoms with Crippen LogP contribution in [0.25, 0.3) is 16.7 Å². The molecule has 1 aromatic heterocycles. The van der Waals surface area contributed by atoms with Crippen molar-refractivity contribution < 1.29 is 13.2 Å². The number of benzene rings is 2. The fraction of sp³-hybridized carbons (Fsp3) is 0.0714. The van der Waals surface area contributed by atoms with Crippen molar-refractivity contribution >= 4 is 22.6 Å². The molecule has 2 nitrogen and oxygen atoms in total. The lowest BCUT2D eigenvalue weighted by Gasteiger charge is -2.12. The zero-order valence-corrected chi connectivity index (χ0v) is 10.8. The van der Waals surface area contributed by atoms with Gasteiger partial charge in [-0.25, -0.2) is 4.98 Å². The standard InChI is InChI=1S/C14H8ClF3N2/c15-9-5-1-3-7-11(9)20-12-8-4-2-6-10(12)19-13(20)14(16,17)18/h1-8H. The Bertz CT molecular complexity index is 777. The number of aromatic nitrogens is 2. The van der Waals surface area contributed by atoms with Crippen LogP contribution in [-0.4, -0.2) is 9.55 Å². The quantitative estimate of drug-likeness (QED) is 0.636.